The topological polar surface area (TPSA) is 117 Å². The van der Waals surface area contributed by atoms with Crippen LogP contribution in [0.4, 0.5) is 15.8 Å². The molecular formula is C18H17FN2O7. The molecule has 0 fully saturated rings. The third kappa shape index (κ3) is 5.40. The molecule has 0 saturated carbocycles. The van der Waals surface area contributed by atoms with Gasteiger partial charge >= 0.3 is 5.97 Å². The number of nitrogens with zero attached hydrogens (tertiary/aromatic N) is 1. The lowest BCUT2D eigenvalue weighted by atomic mass is 10.2. The van der Waals surface area contributed by atoms with Crippen molar-refractivity contribution in [3.63, 3.8) is 0 Å². The third-order valence-corrected chi connectivity index (χ3v) is 3.51. The zero-order chi connectivity index (χ0) is 20.7. The van der Waals surface area contributed by atoms with Gasteiger partial charge in [-0.05, 0) is 25.1 Å². The van der Waals surface area contributed by atoms with Gasteiger partial charge in [0.05, 0.1) is 17.7 Å². The lowest BCUT2D eigenvalue weighted by Gasteiger charge is -2.15. The molecule has 2 aromatic rings. The summed E-state index contributed by atoms with van der Waals surface area (Å²) in [7, 11) is 1.33. The first-order valence-electron chi connectivity index (χ1n) is 8.02. The molecule has 0 bridgehead atoms. The molecule has 0 saturated heterocycles. The number of benzene rings is 2. The highest BCUT2D eigenvalue weighted by Crippen LogP contribution is 2.29. The number of nitro benzene ring substituents is 1. The fourth-order valence-electron chi connectivity index (χ4n) is 2.12. The Labute approximate surface area is 159 Å². The fraction of sp³-hybridized carbons (Fsp3) is 0.222. The number of amides is 1. The molecule has 28 heavy (non-hydrogen) atoms. The number of anilines is 1. The number of ether oxygens (including phenoxy) is 3. The number of carbonyl (C=O) groups is 2. The number of rotatable bonds is 8. The summed E-state index contributed by atoms with van der Waals surface area (Å²) in [5.41, 5.74) is -0.203. The maximum atomic E-state index is 13.4. The monoisotopic (exact) mass is 392 g/mol. The van der Waals surface area contributed by atoms with Crippen LogP contribution < -0.4 is 14.8 Å². The highest BCUT2D eigenvalue weighted by atomic mass is 19.1. The Morgan fingerprint density at radius 2 is 1.93 bits per heavy atom. The van der Waals surface area contributed by atoms with Crippen molar-refractivity contribution >= 4 is 23.3 Å². The van der Waals surface area contributed by atoms with E-state index in [9.17, 15) is 24.1 Å². The van der Waals surface area contributed by atoms with Crippen molar-refractivity contribution in [2.24, 2.45) is 0 Å². The Hall–Kier alpha value is -3.69. The highest BCUT2D eigenvalue weighted by Gasteiger charge is 2.21. The first-order valence-corrected chi connectivity index (χ1v) is 8.02. The molecule has 1 atom stereocenters. The minimum Gasteiger partial charge on any atom is -0.495 e. The van der Waals surface area contributed by atoms with Crippen LogP contribution in [0.15, 0.2) is 42.5 Å². The van der Waals surface area contributed by atoms with Crippen LogP contribution >= 0.6 is 0 Å². The molecule has 0 spiro atoms. The molecule has 9 nitrogen and oxygen atoms in total. The lowest BCUT2D eigenvalue weighted by molar-refractivity contribution is -0.384. The van der Waals surface area contributed by atoms with E-state index in [1.165, 1.54) is 50.4 Å². The molecule has 148 valence electrons. The van der Waals surface area contributed by atoms with E-state index in [0.29, 0.717) is 0 Å². The van der Waals surface area contributed by atoms with Crippen LogP contribution in [0.3, 0.4) is 0 Å². The standard InChI is InChI=1S/C18H17FN2O7/c1-11(28-17(22)10-27-15-6-4-3-5-13(15)19)18(23)20-14-9-12(21(24)25)7-8-16(14)26-2/h3-9,11H,10H2,1-2H3,(H,20,23). The summed E-state index contributed by atoms with van der Waals surface area (Å²) >= 11 is 0. The van der Waals surface area contributed by atoms with Gasteiger partial charge in [0, 0.05) is 12.1 Å². The van der Waals surface area contributed by atoms with Gasteiger partial charge in [0.25, 0.3) is 11.6 Å². The smallest absolute Gasteiger partial charge is 0.344 e. The molecule has 0 aliphatic carbocycles. The molecule has 0 heterocycles. The predicted molar refractivity (Wildman–Crippen MR) is 95.7 cm³/mol. The molecule has 10 heteroatoms. The molecular weight excluding hydrogens is 375 g/mol. The second-order valence-electron chi connectivity index (χ2n) is 5.48. The van der Waals surface area contributed by atoms with Gasteiger partial charge in [-0.25, -0.2) is 9.18 Å². The van der Waals surface area contributed by atoms with E-state index in [1.54, 1.807) is 0 Å². The molecule has 2 rings (SSSR count). The van der Waals surface area contributed by atoms with Crippen LogP contribution in [0.25, 0.3) is 0 Å². The molecule has 2 aromatic carbocycles. The van der Waals surface area contributed by atoms with E-state index < -0.39 is 35.3 Å². The summed E-state index contributed by atoms with van der Waals surface area (Å²) in [6, 6.07) is 9.18. The van der Waals surface area contributed by atoms with E-state index in [1.807, 2.05) is 0 Å². The van der Waals surface area contributed by atoms with Crippen LogP contribution in [0, 0.1) is 15.9 Å². The van der Waals surface area contributed by atoms with Crippen LogP contribution in [0.5, 0.6) is 11.5 Å². The van der Waals surface area contributed by atoms with E-state index in [2.05, 4.69) is 5.32 Å². The zero-order valence-corrected chi connectivity index (χ0v) is 15.0. The Morgan fingerprint density at radius 3 is 2.57 bits per heavy atom. The minimum atomic E-state index is -1.24. The van der Waals surface area contributed by atoms with Crippen LogP contribution in [-0.4, -0.2) is 36.6 Å². The summed E-state index contributed by atoms with van der Waals surface area (Å²) < 4.78 is 28.4. The fourth-order valence-corrected chi connectivity index (χ4v) is 2.12. The Morgan fingerprint density at radius 1 is 1.21 bits per heavy atom. The van der Waals surface area contributed by atoms with Gasteiger partial charge in [-0.3, -0.25) is 14.9 Å². The molecule has 0 radical (unpaired) electrons. The summed E-state index contributed by atoms with van der Waals surface area (Å²) in [4.78, 5) is 34.3. The molecule has 1 unspecified atom stereocenters. The van der Waals surface area contributed by atoms with Gasteiger partial charge in [0.1, 0.15) is 5.75 Å². The van der Waals surface area contributed by atoms with Crippen LogP contribution in [0.2, 0.25) is 0 Å². The highest BCUT2D eigenvalue weighted by molar-refractivity contribution is 5.96. The Balaban J connectivity index is 1.95. The van der Waals surface area contributed by atoms with E-state index in [0.717, 1.165) is 6.07 Å². The molecule has 0 aromatic heterocycles. The Kier molecular flexibility index (Phi) is 6.85. The van der Waals surface area contributed by atoms with Crippen molar-refractivity contribution in [2.45, 2.75) is 13.0 Å². The molecule has 1 amide bonds. The maximum absolute atomic E-state index is 13.4. The van der Waals surface area contributed by atoms with E-state index >= 15 is 0 Å². The minimum absolute atomic E-state index is 0.0483. The number of carbonyl (C=O) groups excluding carboxylic acids is 2. The third-order valence-electron chi connectivity index (χ3n) is 3.51. The predicted octanol–water partition coefficient (Wildman–Crippen LogP) is 2.69. The number of esters is 1. The van der Waals surface area contributed by atoms with Gasteiger partial charge in [-0.15, -0.1) is 0 Å². The first-order chi connectivity index (χ1) is 13.3. The maximum Gasteiger partial charge on any atom is 0.344 e. The largest absolute Gasteiger partial charge is 0.495 e. The lowest BCUT2D eigenvalue weighted by Crippen LogP contribution is -2.31. The number of para-hydroxylation sites is 1. The van der Waals surface area contributed by atoms with Crippen molar-refractivity contribution < 1.29 is 33.1 Å². The van der Waals surface area contributed by atoms with Crippen molar-refractivity contribution in [2.75, 3.05) is 19.0 Å². The van der Waals surface area contributed by atoms with Crippen LogP contribution in [0.1, 0.15) is 6.92 Å². The van der Waals surface area contributed by atoms with Crippen molar-refractivity contribution in [1.29, 1.82) is 0 Å². The summed E-state index contributed by atoms with van der Waals surface area (Å²) in [6.45, 7) is 0.707. The van der Waals surface area contributed by atoms with Gasteiger partial charge in [0.2, 0.25) is 0 Å². The van der Waals surface area contributed by atoms with Crippen LogP contribution in [-0.2, 0) is 14.3 Å². The van der Waals surface area contributed by atoms with Crippen molar-refractivity contribution in [3.05, 3.63) is 58.4 Å². The van der Waals surface area contributed by atoms with E-state index in [-0.39, 0.29) is 22.9 Å². The number of halogens is 1. The number of hydrogen-bond donors (Lipinski definition) is 1. The number of methoxy groups -OCH3 is 1. The number of non-ortho nitro benzene ring substituents is 1. The van der Waals surface area contributed by atoms with E-state index in [4.69, 9.17) is 14.2 Å². The number of nitro groups is 1. The summed E-state index contributed by atoms with van der Waals surface area (Å²) in [5, 5.41) is 13.3. The molecule has 0 aliphatic heterocycles. The summed E-state index contributed by atoms with van der Waals surface area (Å²) in [5.74, 6) is -2.20. The quantitative estimate of drug-likeness (QED) is 0.417. The normalized spacial score (nSPS) is 11.2. The van der Waals surface area contributed by atoms with Gasteiger partial charge in [-0.1, -0.05) is 12.1 Å². The second-order valence-corrected chi connectivity index (χ2v) is 5.48. The zero-order valence-electron chi connectivity index (χ0n) is 15.0. The first kappa shape index (κ1) is 20.6. The molecule has 1 N–H and O–H groups in total. The SMILES string of the molecule is COc1ccc([N+](=O)[O-])cc1NC(=O)C(C)OC(=O)COc1ccccc1F. The second kappa shape index (κ2) is 9.31. The number of hydrogen-bond acceptors (Lipinski definition) is 7. The van der Waals surface area contributed by atoms with Gasteiger partial charge in [0.15, 0.2) is 24.3 Å². The van der Waals surface area contributed by atoms with Crippen molar-refractivity contribution in [1.82, 2.24) is 0 Å². The van der Waals surface area contributed by atoms with Gasteiger partial charge < -0.3 is 19.5 Å². The molecule has 0 aliphatic rings. The van der Waals surface area contributed by atoms with Crippen molar-refractivity contribution in [3.8, 4) is 11.5 Å². The number of nitrogens with one attached hydrogen (secondary N) is 1. The average molecular weight is 392 g/mol. The Bertz CT molecular complexity index is 888. The average Bonchev–Trinajstić information content (AvgIpc) is 2.67. The summed E-state index contributed by atoms with van der Waals surface area (Å²) in [6.07, 6.45) is -1.24. The van der Waals surface area contributed by atoms with Gasteiger partial charge in [-0.2, -0.15) is 0 Å².